The number of nitriles is 1. The summed E-state index contributed by atoms with van der Waals surface area (Å²) in [6.07, 6.45) is 0.413. The van der Waals surface area contributed by atoms with Gasteiger partial charge >= 0.3 is 5.97 Å². The van der Waals surface area contributed by atoms with E-state index in [9.17, 15) is 35.6 Å². The molecule has 1 aliphatic carbocycles. The molecule has 0 saturated heterocycles. The maximum Gasteiger partial charge on any atom is 0.338 e. The number of nitrogens with zero attached hydrogens (tertiary/aromatic N) is 7. The van der Waals surface area contributed by atoms with Crippen molar-refractivity contribution in [2.45, 2.75) is 96.9 Å². The zero-order chi connectivity index (χ0) is 48.1. The van der Waals surface area contributed by atoms with Crippen molar-refractivity contribution in [2.24, 2.45) is 11.8 Å². The summed E-state index contributed by atoms with van der Waals surface area (Å²) in [4.78, 5) is 20.4. The van der Waals surface area contributed by atoms with Crippen LogP contribution in [-0.2, 0) is 22.6 Å². The largest absolute Gasteiger partial charge is 0.496 e. The van der Waals surface area contributed by atoms with Gasteiger partial charge in [0.2, 0.25) is 0 Å². The van der Waals surface area contributed by atoms with Crippen molar-refractivity contribution >= 4 is 28.0 Å². The maximum absolute atomic E-state index is 12.0. The zero-order valence-electron chi connectivity index (χ0n) is 38.5. The van der Waals surface area contributed by atoms with Gasteiger partial charge in [-0.25, -0.2) is 9.78 Å². The van der Waals surface area contributed by atoms with Gasteiger partial charge in [-0.3, -0.25) is 14.3 Å². The van der Waals surface area contributed by atoms with Gasteiger partial charge < -0.3 is 54.0 Å². The Kier molecular flexibility index (Phi) is 15.2. The van der Waals surface area contributed by atoms with Crippen molar-refractivity contribution in [1.29, 1.82) is 5.26 Å². The van der Waals surface area contributed by atoms with Crippen molar-refractivity contribution in [3.8, 4) is 29.1 Å². The fraction of sp³-hybridized carbons (Fsp3) is 0.458. The number of aliphatic hydroxyl groups is 4. The molecular weight excluding hydrogens is 867 g/mol. The summed E-state index contributed by atoms with van der Waals surface area (Å²) in [5.74, 6) is 1.15. The Hall–Kier alpha value is -6.40. The molecule has 67 heavy (non-hydrogen) atoms. The number of pyridine rings is 2. The van der Waals surface area contributed by atoms with Gasteiger partial charge in [0, 0.05) is 29.5 Å². The van der Waals surface area contributed by atoms with E-state index < -0.39 is 36.7 Å². The Bertz CT molecular complexity index is 2720. The van der Waals surface area contributed by atoms with Gasteiger partial charge in [0.1, 0.15) is 81.2 Å². The molecule has 356 valence electrons. The van der Waals surface area contributed by atoms with Crippen LogP contribution in [0.3, 0.4) is 0 Å². The van der Waals surface area contributed by atoms with Crippen LogP contribution in [0.4, 0.5) is 0 Å². The lowest BCUT2D eigenvalue weighted by atomic mass is 10.0. The first-order valence-electron chi connectivity index (χ1n) is 22.0. The normalized spacial score (nSPS) is 16.9. The second-order valence-corrected chi connectivity index (χ2v) is 17.3. The van der Waals surface area contributed by atoms with Crippen molar-refractivity contribution < 1.29 is 58.7 Å². The molecule has 1 saturated carbocycles. The summed E-state index contributed by atoms with van der Waals surface area (Å²) in [5, 5.41) is 72.4. The maximum atomic E-state index is 12.0. The monoisotopic (exact) mass is 923 g/mol. The van der Waals surface area contributed by atoms with Gasteiger partial charge in [-0.15, -0.1) is 0 Å². The number of aromatic nitrogens is 6. The minimum atomic E-state index is -1.90. The number of methoxy groups -OCH3 is 3. The second-order valence-electron chi connectivity index (χ2n) is 17.3. The van der Waals surface area contributed by atoms with Gasteiger partial charge in [0.05, 0.1) is 65.1 Å². The van der Waals surface area contributed by atoms with E-state index in [2.05, 4.69) is 20.2 Å². The molecule has 1 fully saturated rings. The first kappa shape index (κ1) is 48.5. The minimum Gasteiger partial charge on any atom is -0.496 e. The third kappa shape index (κ3) is 10.9. The van der Waals surface area contributed by atoms with Crippen molar-refractivity contribution in [3.63, 3.8) is 0 Å². The fourth-order valence-electron chi connectivity index (χ4n) is 8.48. The molecule has 4 heterocycles. The van der Waals surface area contributed by atoms with Crippen LogP contribution in [-0.4, -0.2) is 114 Å². The van der Waals surface area contributed by atoms with Crippen molar-refractivity contribution in [3.05, 3.63) is 94.1 Å². The molecule has 1 aliphatic rings. The number of fused-ring (bicyclic) bond motifs is 2. The van der Waals surface area contributed by atoms with E-state index in [4.69, 9.17) is 28.4 Å². The average Bonchev–Trinajstić information content (AvgIpc) is 4.06. The predicted octanol–water partition coefficient (Wildman–Crippen LogP) is 5.51. The van der Waals surface area contributed by atoms with E-state index in [-0.39, 0.29) is 64.4 Å². The highest BCUT2D eigenvalue weighted by atomic mass is 16.5. The Morgan fingerprint density at radius 2 is 1.40 bits per heavy atom. The first-order chi connectivity index (χ1) is 32.1. The summed E-state index contributed by atoms with van der Waals surface area (Å²) >= 11 is 0. The van der Waals surface area contributed by atoms with E-state index in [0.29, 0.717) is 65.7 Å². The van der Waals surface area contributed by atoms with E-state index in [0.717, 1.165) is 17.5 Å². The number of carbonyl (C=O) groups is 1. The van der Waals surface area contributed by atoms with Crippen LogP contribution in [0.2, 0.25) is 0 Å². The van der Waals surface area contributed by atoms with E-state index in [1.165, 1.54) is 41.9 Å². The number of benzene rings is 2. The Balaban J connectivity index is 1.09. The molecule has 5 N–H and O–H groups in total. The number of carboxylic acids is 1. The van der Waals surface area contributed by atoms with Crippen LogP contribution in [0.15, 0.2) is 55.0 Å². The van der Waals surface area contributed by atoms with E-state index in [1.807, 2.05) is 33.8 Å². The fourth-order valence-corrected chi connectivity index (χ4v) is 8.48. The molecule has 0 bridgehead atoms. The molecule has 0 spiro atoms. The lowest BCUT2D eigenvalue weighted by Gasteiger charge is -2.28. The minimum absolute atomic E-state index is 0.00589. The van der Waals surface area contributed by atoms with Crippen LogP contribution in [0.25, 0.3) is 22.1 Å². The molecule has 2 aromatic carbocycles. The standard InChI is InChI=1S/C48H57N7O12/c1-25(2)23-65-41(21-54-19-35-43(52-54)33(47(58)59)10-11-50-35)45(56)30-15-39(64-7)27(4)40(16-30)66-24-28-8-9-32(12-28)67-42(46(57)29-13-37(62-5)26(3)38(14-29)63-6)22-55-20-36-44(53-55)34(48(60)61)17-31(18-49)51-36/h10-11,13-17,19-20,25,28,32,41-42,45-46,48,56-57,60-61H,8-9,12,21-24H2,1-7H3,(H,58,59)/t28?,32?,41-,42-,45+,46+/m0/s1. The summed E-state index contributed by atoms with van der Waals surface area (Å²) in [7, 11) is 4.62. The molecular formula is C48H57N7O12. The molecule has 0 radical (unpaired) electrons. The average molecular weight is 924 g/mol. The number of ether oxygens (including phenoxy) is 6. The highest BCUT2D eigenvalue weighted by Crippen LogP contribution is 2.39. The predicted molar refractivity (Wildman–Crippen MR) is 242 cm³/mol. The van der Waals surface area contributed by atoms with E-state index >= 15 is 0 Å². The van der Waals surface area contributed by atoms with Crippen LogP contribution in [0.1, 0.15) is 95.5 Å². The topological polar surface area (TPSA) is 259 Å². The lowest BCUT2D eigenvalue weighted by molar-refractivity contribution is -0.0859. The van der Waals surface area contributed by atoms with Gasteiger partial charge in [-0.1, -0.05) is 13.8 Å². The van der Waals surface area contributed by atoms with Gasteiger partial charge in [-0.2, -0.15) is 15.5 Å². The van der Waals surface area contributed by atoms with Crippen LogP contribution in [0, 0.1) is 37.0 Å². The highest BCUT2D eigenvalue weighted by Gasteiger charge is 2.34. The van der Waals surface area contributed by atoms with Crippen LogP contribution < -0.4 is 18.9 Å². The number of aliphatic hydroxyl groups excluding tert-OH is 3. The molecule has 6 atom stereocenters. The molecule has 0 amide bonds. The third-order valence-electron chi connectivity index (χ3n) is 12.1. The Morgan fingerprint density at radius 3 is 2.00 bits per heavy atom. The molecule has 6 aromatic rings. The van der Waals surface area contributed by atoms with Crippen LogP contribution in [0.5, 0.6) is 23.0 Å². The smallest absolute Gasteiger partial charge is 0.338 e. The number of aromatic carboxylic acids is 1. The molecule has 2 unspecified atom stereocenters. The van der Waals surface area contributed by atoms with Gasteiger partial charge in [0.25, 0.3) is 0 Å². The number of hydrogen-bond donors (Lipinski definition) is 5. The Morgan fingerprint density at radius 1 is 0.821 bits per heavy atom. The summed E-state index contributed by atoms with van der Waals surface area (Å²) in [6, 6.07) is 11.6. The molecule has 7 rings (SSSR count). The lowest BCUT2D eigenvalue weighted by Crippen LogP contribution is -2.31. The highest BCUT2D eigenvalue weighted by molar-refractivity contribution is 6.00. The van der Waals surface area contributed by atoms with Gasteiger partial charge in [0.15, 0.2) is 6.29 Å². The number of hydrogen-bond acceptors (Lipinski definition) is 16. The molecule has 0 aliphatic heterocycles. The quantitative estimate of drug-likeness (QED) is 0.0557. The Labute approximate surface area is 387 Å². The van der Waals surface area contributed by atoms with Crippen molar-refractivity contribution in [2.75, 3.05) is 34.5 Å². The number of rotatable bonds is 21. The first-order valence-corrected chi connectivity index (χ1v) is 22.0. The zero-order valence-corrected chi connectivity index (χ0v) is 38.5. The summed E-state index contributed by atoms with van der Waals surface area (Å²) in [6.45, 7) is 8.53. The SMILES string of the molecule is COc1cc([C@@H](O)[C@H](Cn2cc3nc(C#N)cc(C(O)O)c3n2)OC2CCC(COc3cc([C@@H](O)[C@H](Cn4cc5nccc(C(=O)O)c5n4)OCC(C)C)cc(OC)c3C)C2)cc(OC)c1C. The van der Waals surface area contributed by atoms with E-state index in [1.54, 1.807) is 43.8 Å². The van der Waals surface area contributed by atoms with Crippen molar-refractivity contribution in [1.82, 2.24) is 29.5 Å². The second kappa shape index (κ2) is 21.1. The third-order valence-corrected chi connectivity index (χ3v) is 12.1. The van der Waals surface area contributed by atoms with Crippen LogP contribution >= 0.6 is 0 Å². The summed E-state index contributed by atoms with van der Waals surface area (Å²) < 4.78 is 39.5. The molecule has 4 aromatic heterocycles. The molecule has 19 heteroatoms. The molecule has 19 nitrogen and oxygen atoms in total. The summed E-state index contributed by atoms with van der Waals surface area (Å²) in [5.41, 5.74) is 3.62. The van der Waals surface area contributed by atoms with Gasteiger partial charge in [-0.05, 0) is 92.5 Å². The number of carboxylic acid groups (broad SMARTS) is 1.